The summed E-state index contributed by atoms with van der Waals surface area (Å²) in [6.07, 6.45) is 9.11. The van der Waals surface area contributed by atoms with Gasteiger partial charge in [0.05, 0.1) is 6.54 Å². The van der Waals surface area contributed by atoms with Crippen LogP contribution in [-0.4, -0.2) is 43.0 Å². The molecule has 1 saturated heterocycles. The Morgan fingerprint density at radius 1 is 1.17 bits per heavy atom. The standard InChI is InChI=1S/C14H27N3O/c15-14(18)11-17(13-5-8-16-9-6-13)10-7-12-3-1-2-4-12/h12-13,16H,1-11H2,(H2,15,18). The topological polar surface area (TPSA) is 58.4 Å². The van der Waals surface area contributed by atoms with Crippen LogP contribution in [0.3, 0.4) is 0 Å². The highest BCUT2D eigenvalue weighted by Gasteiger charge is 2.23. The zero-order valence-electron chi connectivity index (χ0n) is 11.4. The molecule has 0 atom stereocenters. The molecule has 3 N–H and O–H groups in total. The summed E-state index contributed by atoms with van der Waals surface area (Å²) in [5.74, 6) is 0.710. The maximum atomic E-state index is 11.2. The van der Waals surface area contributed by atoms with Gasteiger partial charge in [0.15, 0.2) is 0 Å². The van der Waals surface area contributed by atoms with Crippen molar-refractivity contribution in [3.63, 3.8) is 0 Å². The molecule has 1 aliphatic carbocycles. The summed E-state index contributed by atoms with van der Waals surface area (Å²) in [4.78, 5) is 13.5. The van der Waals surface area contributed by atoms with E-state index < -0.39 is 0 Å². The third-order valence-electron chi connectivity index (χ3n) is 4.48. The molecule has 1 amide bonds. The normalized spacial score (nSPS) is 22.7. The molecular formula is C14H27N3O. The second kappa shape index (κ2) is 7.10. The van der Waals surface area contributed by atoms with Crippen molar-refractivity contribution in [1.82, 2.24) is 10.2 Å². The maximum absolute atomic E-state index is 11.2. The Kier molecular flexibility index (Phi) is 5.45. The number of nitrogens with two attached hydrogens (primary N) is 1. The van der Waals surface area contributed by atoms with Crippen LogP contribution in [0.1, 0.15) is 44.9 Å². The Morgan fingerprint density at radius 3 is 2.44 bits per heavy atom. The second-order valence-electron chi connectivity index (χ2n) is 5.86. The van der Waals surface area contributed by atoms with Crippen molar-refractivity contribution in [1.29, 1.82) is 0 Å². The minimum absolute atomic E-state index is 0.181. The highest BCUT2D eigenvalue weighted by molar-refractivity contribution is 5.75. The van der Waals surface area contributed by atoms with Gasteiger partial charge in [-0.05, 0) is 44.8 Å². The van der Waals surface area contributed by atoms with Gasteiger partial charge < -0.3 is 11.1 Å². The van der Waals surface area contributed by atoms with Crippen molar-refractivity contribution in [2.75, 3.05) is 26.2 Å². The highest BCUT2D eigenvalue weighted by atomic mass is 16.1. The largest absolute Gasteiger partial charge is 0.369 e. The third kappa shape index (κ3) is 4.25. The number of nitrogens with one attached hydrogen (secondary N) is 1. The van der Waals surface area contributed by atoms with Crippen LogP contribution in [0, 0.1) is 5.92 Å². The minimum atomic E-state index is -0.181. The molecule has 1 saturated carbocycles. The molecule has 0 spiro atoms. The molecule has 0 aromatic rings. The molecule has 4 heteroatoms. The molecule has 0 aromatic carbocycles. The summed E-state index contributed by atoms with van der Waals surface area (Å²) in [6, 6.07) is 0.556. The van der Waals surface area contributed by atoms with Crippen molar-refractivity contribution < 1.29 is 4.79 Å². The van der Waals surface area contributed by atoms with E-state index in [0.717, 1.165) is 38.4 Å². The highest BCUT2D eigenvalue weighted by Crippen LogP contribution is 2.28. The molecule has 0 radical (unpaired) electrons. The van der Waals surface area contributed by atoms with Gasteiger partial charge in [0.1, 0.15) is 0 Å². The zero-order valence-corrected chi connectivity index (χ0v) is 11.4. The number of carbonyl (C=O) groups is 1. The Bertz CT molecular complexity index is 258. The lowest BCUT2D eigenvalue weighted by Gasteiger charge is -2.34. The molecule has 2 fully saturated rings. The van der Waals surface area contributed by atoms with Crippen molar-refractivity contribution >= 4 is 5.91 Å². The fourth-order valence-electron chi connectivity index (χ4n) is 3.41. The molecule has 2 aliphatic rings. The number of nitrogens with zero attached hydrogens (tertiary/aromatic N) is 1. The Hall–Kier alpha value is -0.610. The van der Waals surface area contributed by atoms with Crippen molar-refractivity contribution in [2.24, 2.45) is 11.7 Å². The van der Waals surface area contributed by atoms with Crippen molar-refractivity contribution in [3.8, 4) is 0 Å². The quantitative estimate of drug-likeness (QED) is 0.745. The van der Waals surface area contributed by atoms with E-state index in [0.29, 0.717) is 12.6 Å². The predicted molar refractivity (Wildman–Crippen MR) is 73.2 cm³/mol. The van der Waals surface area contributed by atoms with E-state index in [2.05, 4.69) is 10.2 Å². The molecule has 1 aliphatic heterocycles. The van der Waals surface area contributed by atoms with E-state index in [-0.39, 0.29) is 5.91 Å². The summed E-state index contributed by atoms with van der Waals surface area (Å²) in [5, 5.41) is 3.38. The first kappa shape index (κ1) is 13.8. The lowest BCUT2D eigenvalue weighted by molar-refractivity contribution is -0.119. The number of hydrogen-bond acceptors (Lipinski definition) is 3. The number of primary amides is 1. The van der Waals surface area contributed by atoms with E-state index in [1.807, 2.05) is 0 Å². The third-order valence-corrected chi connectivity index (χ3v) is 4.48. The molecule has 0 aromatic heterocycles. The number of carbonyl (C=O) groups excluding carboxylic acids is 1. The fourth-order valence-corrected chi connectivity index (χ4v) is 3.41. The number of hydrogen-bond donors (Lipinski definition) is 2. The number of rotatable bonds is 6. The molecule has 4 nitrogen and oxygen atoms in total. The minimum Gasteiger partial charge on any atom is -0.369 e. The van der Waals surface area contributed by atoms with Gasteiger partial charge in [0.2, 0.25) is 5.91 Å². The number of amides is 1. The van der Waals surface area contributed by atoms with E-state index in [1.165, 1.54) is 32.1 Å². The average molecular weight is 253 g/mol. The Balaban J connectivity index is 1.80. The first-order valence-corrected chi connectivity index (χ1v) is 7.49. The summed E-state index contributed by atoms with van der Waals surface area (Å²) in [6.45, 7) is 3.64. The van der Waals surface area contributed by atoms with E-state index in [9.17, 15) is 4.79 Å². The summed E-state index contributed by atoms with van der Waals surface area (Å²) < 4.78 is 0. The molecule has 0 bridgehead atoms. The molecule has 0 unspecified atom stereocenters. The van der Waals surface area contributed by atoms with Gasteiger partial charge in [0, 0.05) is 6.04 Å². The van der Waals surface area contributed by atoms with Gasteiger partial charge in [-0.15, -0.1) is 0 Å². The lowest BCUT2D eigenvalue weighted by atomic mass is 10.0. The summed E-state index contributed by atoms with van der Waals surface area (Å²) in [5.41, 5.74) is 5.39. The van der Waals surface area contributed by atoms with Gasteiger partial charge in [-0.25, -0.2) is 0 Å². The summed E-state index contributed by atoms with van der Waals surface area (Å²) in [7, 11) is 0. The maximum Gasteiger partial charge on any atom is 0.231 e. The van der Waals surface area contributed by atoms with Gasteiger partial charge in [-0.2, -0.15) is 0 Å². The molecule has 18 heavy (non-hydrogen) atoms. The average Bonchev–Trinajstić information content (AvgIpc) is 2.88. The predicted octanol–water partition coefficient (Wildman–Crippen LogP) is 1.11. The van der Waals surface area contributed by atoms with Gasteiger partial charge in [0.25, 0.3) is 0 Å². The van der Waals surface area contributed by atoms with E-state index in [1.54, 1.807) is 0 Å². The van der Waals surface area contributed by atoms with Gasteiger partial charge in [-0.1, -0.05) is 25.7 Å². The fraction of sp³-hybridized carbons (Fsp3) is 0.929. The van der Waals surface area contributed by atoms with Gasteiger partial charge in [-0.3, -0.25) is 9.69 Å². The Labute approximate surface area is 110 Å². The molecule has 1 heterocycles. The monoisotopic (exact) mass is 253 g/mol. The molecular weight excluding hydrogens is 226 g/mol. The summed E-state index contributed by atoms with van der Waals surface area (Å²) >= 11 is 0. The van der Waals surface area contributed by atoms with Crippen LogP contribution in [0.15, 0.2) is 0 Å². The van der Waals surface area contributed by atoms with Crippen LogP contribution >= 0.6 is 0 Å². The zero-order chi connectivity index (χ0) is 12.8. The number of piperidine rings is 1. The smallest absolute Gasteiger partial charge is 0.231 e. The van der Waals surface area contributed by atoms with E-state index in [4.69, 9.17) is 5.73 Å². The first-order chi connectivity index (χ1) is 8.75. The first-order valence-electron chi connectivity index (χ1n) is 7.49. The van der Waals surface area contributed by atoms with Crippen molar-refractivity contribution in [3.05, 3.63) is 0 Å². The van der Waals surface area contributed by atoms with Crippen LogP contribution in [0.4, 0.5) is 0 Å². The second-order valence-corrected chi connectivity index (χ2v) is 5.86. The van der Waals surface area contributed by atoms with Gasteiger partial charge >= 0.3 is 0 Å². The van der Waals surface area contributed by atoms with Crippen LogP contribution in [0.2, 0.25) is 0 Å². The molecule has 104 valence electrons. The van der Waals surface area contributed by atoms with Crippen LogP contribution in [0.25, 0.3) is 0 Å². The SMILES string of the molecule is NC(=O)CN(CCC1CCCC1)C1CCNCC1. The lowest BCUT2D eigenvalue weighted by Crippen LogP contribution is -2.47. The van der Waals surface area contributed by atoms with Crippen molar-refractivity contribution in [2.45, 2.75) is 51.0 Å². The van der Waals surface area contributed by atoms with Crippen LogP contribution < -0.4 is 11.1 Å². The van der Waals surface area contributed by atoms with Crippen LogP contribution in [-0.2, 0) is 4.79 Å². The molecule has 2 rings (SSSR count). The Morgan fingerprint density at radius 2 is 1.83 bits per heavy atom. The van der Waals surface area contributed by atoms with Crippen LogP contribution in [0.5, 0.6) is 0 Å². The van der Waals surface area contributed by atoms with E-state index >= 15 is 0 Å².